The highest BCUT2D eigenvalue weighted by Gasteiger charge is 2.52. The van der Waals surface area contributed by atoms with E-state index in [0.717, 1.165) is 6.54 Å². The molecule has 0 spiro atoms. The van der Waals surface area contributed by atoms with Crippen molar-refractivity contribution in [3.63, 3.8) is 0 Å². The van der Waals surface area contributed by atoms with Gasteiger partial charge in [-0.3, -0.25) is 19.8 Å². The number of hydrogen-bond donors (Lipinski definition) is 1. The Morgan fingerprint density at radius 1 is 1.14 bits per heavy atom. The topological polar surface area (TPSA) is 69.7 Å². The van der Waals surface area contributed by atoms with Gasteiger partial charge < -0.3 is 4.90 Å². The molecule has 0 unspecified atom stereocenters. The van der Waals surface area contributed by atoms with Crippen LogP contribution in [0.15, 0.2) is 0 Å². The predicted octanol–water partition coefficient (Wildman–Crippen LogP) is 1.46. The molecule has 120 valence electrons. The summed E-state index contributed by atoms with van der Waals surface area (Å²) < 4.78 is 0. The van der Waals surface area contributed by atoms with Gasteiger partial charge in [0.2, 0.25) is 11.8 Å². The quantitative estimate of drug-likeness (QED) is 0.754. The van der Waals surface area contributed by atoms with Gasteiger partial charge in [-0.15, -0.1) is 0 Å². The van der Waals surface area contributed by atoms with E-state index in [4.69, 9.17) is 0 Å². The number of carbonyl (C=O) groups is 3. The van der Waals surface area contributed by atoms with Crippen molar-refractivity contribution in [2.45, 2.75) is 40.5 Å². The fourth-order valence-corrected chi connectivity index (χ4v) is 3.08. The highest BCUT2D eigenvalue weighted by molar-refractivity contribution is 6.19. The number of rotatable bonds is 6. The first-order valence-electron chi connectivity index (χ1n) is 7.41. The van der Waals surface area contributed by atoms with Gasteiger partial charge in [0.15, 0.2) is 0 Å². The van der Waals surface area contributed by atoms with Crippen LogP contribution in [0.2, 0.25) is 0 Å². The minimum Gasteiger partial charge on any atom is -0.309 e. The molecule has 6 nitrogen and oxygen atoms in total. The second-order valence-corrected chi connectivity index (χ2v) is 6.84. The SMILES string of the molecule is CCC1(CC)C(=O)NC(=O)N(CC(C)(C)CN(C)C)C1=O. The summed E-state index contributed by atoms with van der Waals surface area (Å²) >= 11 is 0. The minimum atomic E-state index is -1.11. The summed E-state index contributed by atoms with van der Waals surface area (Å²) in [6.45, 7) is 8.65. The number of amides is 4. The largest absolute Gasteiger partial charge is 0.330 e. The monoisotopic (exact) mass is 297 g/mol. The number of hydrogen-bond acceptors (Lipinski definition) is 4. The van der Waals surface area contributed by atoms with Crippen molar-refractivity contribution in [2.75, 3.05) is 27.2 Å². The molecule has 0 atom stereocenters. The summed E-state index contributed by atoms with van der Waals surface area (Å²) in [6, 6.07) is -0.602. The Kier molecular flexibility index (Phi) is 5.15. The van der Waals surface area contributed by atoms with Gasteiger partial charge in [-0.1, -0.05) is 27.7 Å². The molecule has 1 fully saturated rings. The molecule has 1 N–H and O–H groups in total. The molecule has 1 aliphatic heterocycles. The van der Waals surface area contributed by atoms with E-state index < -0.39 is 17.4 Å². The summed E-state index contributed by atoms with van der Waals surface area (Å²) in [5.41, 5.74) is -1.35. The minimum absolute atomic E-state index is 0.246. The molecule has 1 saturated heterocycles. The molecule has 0 saturated carbocycles. The first-order valence-corrected chi connectivity index (χ1v) is 7.41. The number of barbiturate groups is 1. The predicted molar refractivity (Wildman–Crippen MR) is 80.6 cm³/mol. The molecule has 0 aromatic rings. The average Bonchev–Trinajstić information content (AvgIpc) is 2.34. The lowest BCUT2D eigenvalue weighted by atomic mass is 9.78. The van der Waals surface area contributed by atoms with Crippen LogP contribution in [0, 0.1) is 10.8 Å². The number of nitrogens with zero attached hydrogens (tertiary/aromatic N) is 2. The zero-order valence-electron chi connectivity index (χ0n) is 13.9. The first-order chi connectivity index (χ1) is 9.59. The van der Waals surface area contributed by atoms with Crippen LogP contribution in [-0.4, -0.2) is 54.8 Å². The van der Waals surface area contributed by atoms with Crippen molar-refractivity contribution in [1.29, 1.82) is 0 Å². The van der Waals surface area contributed by atoms with Crippen LogP contribution >= 0.6 is 0 Å². The van der Waals surface area contributed by atoms with Gasteiger partial charge in [-0.25, -0.2) is 4.79 Å². The molecule has 0 aromatic heterocycles. The smallest absolute Gasteiger partial charge is 0.309 e. The maximum atomic E-state index is 12.7. The maximum Gasteiger partial charge on any atom is 0.330 e. The molecule has 1 heterocycles. The Bertz CT molecular complexity index is 439. The fourth-order valence-electron chi connectivity index (χ4n) is 3.08. The Balaban J connectivity index is 3.04. The second kappa shape index (κ2) is 6.13. The molecule has 0 bridgehead atoms. The maximum absolute atomic E-state index is 12.7. The van der Waals surface area contributed by atoms with Gasteiger partial charge in [-0.05, 0) is 32.4 Å². The van der Waals surface area contributed by atoms with Gasteiger partial charge in [-0.2, -0.15) is 0 Å². The molecule has 6 heteroatoms. The summed E-state index contributed by atoms with van der Waals surface area (Å²) in [7, 11) is 3.90. The molecule has 0 aliphatic carbocycles. The third kappa shape index (κ3) is 3.43. The molecule has 4 amide bonds. The normalized spacial score (nSPS) is 19.2. The lowest BCUT2D eigenvalue weighted by molar-refractivity contribution is -0.153. The lowest BCUT2D eigenvalue weighted by Crippen LogP contribution is -2.65. The van der Waals surface area contributed by atoms with Crippen LogP contribution in [0.1, 0.15) is 40.5 Å². The standard InChI is InChI=1S/C15H27N3O3/c1-7-15(8-2)11(19)16-13(21)18(12(15)20)10-14(3,4)9-17(5)6/h7-10H2,1-6H3,(H,16,19,21). The van der Waals surface area contributed by atoms with Crippen molar-refractivity contribution in [2.24, 2.45) is 10.8 Å². The zero-order chi connectivity index (χ0) is 16.4. The summed E-state index contributed by atoms with van der Waals surface area (Å²) in [6.07, 6.45) is 0.790. The van der Waals surface area contributed by atoms with Crippen LogP contribution in [0.3, 0.4) is 0 Å². The van der Waals surface area contributed by atoms with E-state index >= 15 is 0 Å². The van der Waals surface area contributed by atoms with Gasteiger partial charge in [0.05, 0.1) is 0 Å². The van der Waals surface area contributed by atoms with Gasteiger partial charge in [0.1, 0.15) is 5.41 Å². The highest BCUT2D eigenvalue weighted by Crippen LogP contribution is 2.33. The molecule has 21 heavy (non-hydrogen) atoms. The van der Waals surface area contributed by atoms with Gasteiger partial charge in [0.25, 0.3) is 0 Å². The summed E-state index contributed by atoms with van der Waals surface area (Å²) in [4.78, 5) is 40.1. The second-order valence-electron chi connectivity index (χ2n) is 6.84. The molecular weight excluding hydrogens is 270 g/mol. The summed E-state index contributed by atoms with van der Waals surface area (Å²) in [5, 5.41) is 2.34. The van der Waals surface area contributed by atoms with Gasteiger partial charge in [0, 0.05) is 13.1 Å². The summed E-state index contributed by atoms with van der Waals surface area (Å²) in [5.74, 6) is -0.836. The van der Waals surface area contributed by atoms with Crippen molar-refractivity contribution >= 4 is 17.8 Å². The van der Waals surface area contributed by atoms with E-state index in [1.54, 1.807) is 13.8 Å². The fraction of sp³-hybridized carbons (Fsp3) is 0.800. The van der Waals surface area contributed by atoms with Crippen molar-refractivity contribution in [1.82, 2.24) is 15.1 Å². The van der Waals surface area contributed by atoms with E-state index in [1.165, 1.54) is 4.90 Å². The highest BCUT2D eigenvalue weighted by atomic mass is 16.2. The Labute approximate surface area is 126 Å². The zero-order valence-corrected chi connectivity index (χ0v) is 13.9. The van der Waals surface area contributed by atoms with Crippen LogP contribution in [0.4, 0.5) is 4.79 Å². The third-order valence-electron chi connectivity index (χ3n) is 4.09. The average molecular weight is 297 g/mol. The van der Waals surface area contributed by atoms with E-state index in [9.17, 15) is 14.4 Å². The number of urea groups is 1. The van der Waals surface area contributed by atoms with Crippen LogP contribution in [0.5, 0.6) is 0 Å². The number of carbonyl (C=O) groups excluding carboxylic acids is 3. The van der Waals surface area contributed by atoms with Crippen molar-refractivity contribution in [3.8, 4) is 0 Å². The molecule has 0 radical (unpaired) electrons. The Morgan fingerprint density at radius 3 is 2.10 bits per heavy atom. The van der Waals surface area contributed by atoms with E-state index in [0.29, 0.717) is 19.4 Å². The van der Waals surface area contributed by atoms with Crippen LogP contribution < -0.4 is 5.32 Å². The van der Waals surface area contributed by atoms with E-state index in [2.05, 4.69) is 5.32 Å². The van der Waals surface area contributed by atoms with Crippen LogP contribution in [0.25, 0.3) is 0 Å². The molecule has 0 aromatic carbocycles. The van der Waals surface area contributed by atoms with E-state index in [1.807, 2.05) is 32.8 Å². The molecule has 1 aliphatic rings. The van der Waals surface area contributed by atoms with Crippen molar-refractivity contribution < 1.29 is 14.4 Å². The third-order valence-corrected chi connectivity index (χ3v) is 4.09. The lowest BCUT2D eigenvalue weighted by Gasteiger charge is -2.41. The molecular formula is C15H27N3O3. The van der Waals surface area contributed by atoms with Gasteiger partial charge >= 0.3 is 6.03 Å². The Hall–Kier alpha value is -1.43. The van der Waals surface area contributed by atoms with Crippen molar-refractivity contribution in [3.05, 3.63) is 0 Å². The Morgan fingerprint density at radius 2 is 1.67 bits per heavy atom. The first kappa shape index (κ1) is 17.6. The number of imide groups is 2. The number of nitrogens with one attached hydrogen (secondary N) is 1. The molecule has 1 rings (SSSR count). The van der Waals surface area contributed by atoms with Crippen LogP contribution in [-0.2, 0) is 9.59 Å². The van der Waals surface area contributed by atoms with E-state index in [-0.39, 0.29) is 11.3 Å².